The second kappa shape index (κ2) is 16.4. The van der Waals surface area contributed by atoms with Gasteiger partial charge in [-0.3, -0.25) is 4.79 Å². The monoisotopic (exact) mass is 536 g/mol. The van der Waals surface area contributed by atoms with E-state index in [0.29, 0.717) is 0 Å². The molecule has 1 N–H and O–H groups in total. The fraction of sp³-hybridized carbons (Fsp3) is 0.571. The average molecular weight is 537 g/mol. The van der Waals surface area contributed by atoms with Gasteiger partial charge in [0.2, 0.25) is 0 Å². The smallest absolute Gasteiger partial charge is 0.302 e. The lowest BCUT2D eigenvalue weighted by molar-refractivity contribution is -0.137. The number of benzene rings is 2. The fourth-order valence-corrected chi connectivity index (χ4v) is 4.89. The second-order valence-corrected chi connectivity index (χ2v) is 11.1. The standard InChI is InChI=1S/C32H46O2.C3H6O2/c1-9-13-21-34-29-18-17-28(23-25(29)6)32(11-3,12-4)27-16-14-26(24(5)22-27)15-19-30(33)31(7,8)20-10-2;1-3(4)5-2/h14,16-18,22-23,30,33H,9-13,20-21H2,1-8H3;1-2H3. The van der Waals surface area contributed by atoms with Crippen LogP contribution in [-0.2, 0) is 14.9 Å². The van der Waals surface area contributed by atoms with Gasteiger partial charge in [-0.15, -0.1) is 0 Å². The van der Waals surface area contributed by atoms with Crippen LogP contribution in [-0.4, -0.2) is 30.9 Å². The molecule has 2 aromatic rings. The van der Waals surface area contributed by atoms with Crippen molar-refractivity contribution >= 4 is 5.97 Å². The Morgan fingerprint density at radius 2 is 1.51 bits per heavy atom. The minimum absolute atomic E-state index is 0.0495. The molecular formula is C35H52O4. The molecule has 0 amide bonds. The number of methoxy groups -OCH3 is 1. The van der Waals surface area contributed by atoms with Crippen molar-refractivity contribution in [2.24, 2.45) is 5.41 Å². The van der Waals surface area contributed by atoms with Crippen LogP contribution in [0.2, 0.25) is 0 Å². The molecule has 2 aromatic carbocycles. The number of aliphatic hydroxyl groups is 1. The SMILES string of the molecule is CCCCOc1ccc(C(CC)(CC)c2ccc(C#CC(O)C(C)(C)CCC)c(C)c2)cc1C.COC(C)=O. The molecule has 0 saturated heterocycles. The number of aryl methyl sites for hydroxylation is 2. The Labute approximate surface area is 238 Å². The maximum Gasteiger partial charge on any atom is 0.302 e. The largest absolute Gasteiger partial charge is 0.493 e. The highest BCUT2D eigenvalue weighted by atomic mass is 16.5. The molecule has 0 aliphatic rings. The minimum Gasteiger partial charge on any atom is -0.493 e. The van der Waals surface area contributed by atoms with Crippen LogP contribution in [0.4, 0.5) is 0 Å². The third kappa shape index (κ3) is 9.73. The second-order valence-electron chi connectivity index (χ2n) is 11.1. The number of unbranched alkanes of at least 4 members (excludes halogenated alkanes) is 1. The van der Waals surface area contributed by atoms with Crippen LogP contribution in [0.5, 0.6) is 5.75 Å². The van der Waals surface area contributed by atoms with E-state index in [1.54, 1.807) is 0 Å². The molecule has 0 heterocycles. The molecule has 0 radical (unpaired) electrons. The fourth-order valence-electron chi connectivity index (χ4n) is 4.89. The first-order chi connectivity index (χ1) is 18.4. The van der Waals surface area contributed by atoms with E-state index in [2.05, 4.69) is 108 Å². The molecule has 4 nitrogen and oxygen atoms in total. The van der Waals surface area contributed by atoms with Crippen LogP contribution in [0.15, 0.2) is 36.4 Å². The maximum absolute atomic E-state index is 10.6. The molecule has 0 aliphatic heterocycles. The van der Waals surface area contributed by atoms with Crippen LogP contribution in [0, 0.1) is 31.1 Å². The highest BCUT2D eigenvalue weighted by Gasteiger charge is 2.31. The highest BCUT2D eigenvalue weighted by molar-refractivity contribution is 5.65. The van der Waals surface area contributed by atoms with Gasteiger partial charge in [-0.2, -0.15) is 0 Å². The van der Waals surface area contributed by atoms with Gasteiger partial charge in [0.15, 0.2) is 0 Å². The molecule has 39 heavy (non-hydrogen) atoms. The normalized spacial score (nSPS) is 12.0. The Hall–Kier alpha value is -2.77. The number of rotatable bonds is 11. The quantitative estimate of drug-likeness (QED) is 0.178. The molecule has 0 spiro atoms. The molecular weight excluding hydrogens is 484 g/mol. The van der Waals surface area contributed by atoms with E-state index in [1.165, 1.54) is 30.7 Å². The Kier molecular flexibility index (Phi) is 14.4. The summed E-state index contributed by atoms with van der Waals surface area (Å²) >= 11 is 0. The topological polar surface area (TPSA) is 55.8 Å². The summed E-state index contributed by atoms with van der Waals surface area (Å²) in [6.07, 6.45) is 5.63. The molecule has 0 aliphatic carbocycles. The minimum atomic E-state index is -0.627. The first kappa shape index (κ1) is 34.3. The number of carbonyl (C=O) groups is 1. The molecule has 2 rings (SSSR count). The van der Waals surface area contributed by atoms with Crippen molar-refractivity contribution in [3.63, 3.8) is 0 Å². The van der Waals surface area contributed by atoms with Gasteiger partial charge >= 0.3 is 5.97 Å². The van der Waals surface area contributed by atoms with Crippen LogP contribution < -0.4 is 4.74 Å². The zero-order valence-electron chi connectivity index (χ0n) is 26.2. The zero-order valence-corrected chi connectivity index (χ0v) is 26.2. The third-order valence-electron chi connectivity index (χ3n) is 7.73. The molecule has 216 valence electrons. The van der Waals surface area contributed by atoms with Gasteiger partial charge in [0.25, 0.3) is 0 Å². The summed E-state index contributed by atoms with van der Waals surface area (Å²) in [6, 6.07) is 13.4. The highest BCUT2D eigenvalue weighted by Crippen LogP contribution is 2.41. The first-order valence-corrected chi connectivity index (χ1v) is 14.5. The van der Waals surface area contributed by atoms with E-state index < -0.39 is 6.10 Å². The summed E-state index contributed by atoms with van der Waals surface area (Å²) in [4.78, 5) is 9.59. The number of aliphatic hydroxyl groups excluding tert-OH is 1. The Morgan fingerprint density at radius 3 is 1.97 bits per heavy atom. The zero-order chi connectivity index (χ0) is 29.6. The summed E-state index contributed by atoms with van der Waals surface area (Å²) in [5, 5.41) is 10.6. The molecule has 0 bridgehead atoms. The van der Waals surface area contributed by atoms with Crippen LogP contribution in [0.25, 0.3) is 0 Å². The van der Waals surface area contributed by atoms with Gasteiger partial charge in [-0.25, -0.2) is 0 Å². The third-order valence-corrected chi connectivity index (χ3v) is 7.73. The van der Waals surface area contributed by atoms with E-state index in [1.807, 2.05) is 0 Å². The van der Waals surface area contributed by atoms with Crippen molar-refractivity contribution in [3.8, 4) is 17.6 Å². The maximum atomic E-state index is 10.6. The summed E-state index contributed by atoms with van der Waals surface area (Å²) in [6.45, 7) is 19.5. The van der Waals surface area contributed by atoms with Gasteiger partial charge in [0, 0.05) is 23.3 Å². The number of ether oxygens (including phenoxy) is 2. The Bertz CT molecular complexity index is 1100. The van der Waals surface area contributed by atoms with Crippen LogP contribution in [0.1, 0.15) is 115 Å². The number of esters is 1. The number of carbonyl (C=O) groups excluding carboxylic acids is 1. The first-order valence-electron chi connectivity index (χ1n) is 14.5. The van der Waals surface area contributed by atoms with Crippen molar-refractivity contribution in [1.82, 2.24) is 0 Å². The van der Waals surface area contributed by atoms with Crippen LogP contribution in [0.3, 0.4) is 0 Å². The predicted octanol–water partition coefficient (Wildman–Crippen LogP) is 8.31. The molecule has 0 aromatic heterocycles. The van der Waals surface area contributed by atoms with E-state index >= 15 is 0 Å². The van der Waals surface area contributed by atoms with Gasteiger partial charge in [-0.05, 0) is 73.9 Å². The number of hydrogen-bond acceptors (Lipinski definition) is 4. The lowest BCUT2D eigenvalue weighted by Gasteiger charge is -2.34. The Balaban J connectivity index is 0.00000139. The summed E-state index contributed by atoms with van der Waals surface area (Å²) in [5.74, 6) is 7.11. The van der Waals surface area contributed by atoms with Gasteiger partial charge in [-0.1, -0.05) is 90.5 Å². The molecule has 1 atom stereocenters. The lowest BCUT2D eigenvalue weighted by atomic mass is 9.70. The van der Waals surface area contributed by atoms with Crippen LogP contribution >= 0.6 is 0 Å². The van der Waals surface area contributed by atoms with E-state index in [9.17, 15) is 9.90 Å². The number of hydrogen-bond donors (Lipinski definition) is 1. The summed E-state index contributed by atoms with van der Waals surface area (Å²) in [7, 11) is 1.35. The van der Waals surface area contributed by atoms with Crippen molar-refractivity contribution in [2.45, 2.75) is 112 Å². The van der Waals surface area contributed by atoms with Crippen molar-refractivity contribution in [3.05, 3.63) is 64.2 Å². The average Bonchev–Trinajstić information content (AvgIpc) is 2.90. The van der Waals surface area contributed by atoms with E-state index in [4.69, 9.17) is 4.74 Å². The van der Waals surface area contributed by atoms with Gasteiger partial charge in [0.1, 0.15) is 11.9 Å². The van der Waals surface area contributed by atoms with E-state index in [-0.39, 0.29) is 16.8 Å². The summed E-state index contributed by atoms with van der Waals surface area (Å²) in [5.41, 5.74) is 5.77. The molecule has 0 fully saturated rings. The predicted molar refractivity (Wildman–Crippen MR) is 163 cm³/mol. The van der Waals surface area contributed by atoms with Gasteiger partial charge in [0.05, 0.1) is 13.7 Å². The van der Waals surface area contributed by atoms with E-state index in [0.717, 1.165) is 62.0 Å². The summed E-state index contributed by atoms with van der Waals surface area (Å²) < 4.78 is 10.1. The van der Waals surface area contributed by atoms with Gasteiger partial charge < -0.3 is 14.6 Å². The molecule has 0 saturated carbocycles. The van der Waals surface area contributed by atoms with Crippen molar-refractivity contribution in [2.75, 3.05) is 13.7 Å². The molecule has 4 heteroatoms. The lowest BCUT2D eigenvalue weighted by Crippen LogP contribution is -2.27. The molecule has 1 unspecified atom stereocenters. The van der Waals surface area contributed by atoms with Crippen molar-refractivity contribution < 1.29 is 19.4 Å². The van der Waals surface area contributed by atoms with Crippen molar-refractivity contribution in [1.29, 1.82) is 0 Å². The Morgan fingerprint density at radius 1 is 0.949 bits per heavy atom.